The van der Waals surface area contributed by atoms with Crippen LogP contribution in [0, 0.1) is 27.7 Å². The summed E-state index contributed by atoms with van der Waals surface area (Å²) in [6, 6.07) is 13.7. The third-order valence-corrected chi connectivity index (χ3v) is 4.00. The van der Waals surface area contributed by atoms with Crippen molar-refractivity contribution in [2.45, 2.75) is 47.2 Å². The Bertz CT molecular complexity index is 599. The van der Waals surface area contributed by atoms with Gasteiger partial charge in [0.05, 0.1) is 0 Å². The summed E-state index contributed by atoms with van der Waals surface area (Å²) in [6.45, 7) is 11.8. The van der Waals surface area contributed by atoms with Crippen molar-refractivity contribution in [1.29, 1.82) is 0 Å². The average Bonchev–Trinajstić information content (AvgIpc) is 2.40. The molecule has 2 aromatic rings. The maximum Gasteiger partial charge on any atom is 0.0297 e. The summed E-state index contributed by atoms with van der Waals surface area (Å²) in [6.07, 6.45) is 0. The summed E-state index contributed by atoms with van der Waals surface area (Å²) in [7, 11) is 0. The molecule has 2 aromatic carbocycles. The lowest BCUT2D eigenvalue weighted by Gasteiger charge is -2.18. The minimum atomic E-state index is 0.371. The standard InChI is InChI=1S/C19H25N/c1-13-7-9-18(16(4)10-13)12-20-17(5)19-11-14(2)6-8-15(19)3/h6-11,17,20H,12H2,1-5H3. The van der Waals surface area contributed by atoms with Gasteiger partial charge in [0.15, 0.2) is 0 Å². The van der Waals surface area contributed by atoms with Crippen LogP contribution in [0.15, 0.2) is 36.4 Å². The summed E-state index contributed by atoms with van der Waals surface area (Å²) >= 11 is 0. The Labute approximate surface area is 123 Å². The fourth-order valence-corrected chi connectivity index (χ4v) is 2.64. The molecule has 1 atom stereocenters. The molecule has 0 aliphatic heterocycles. The maximum absolute atomic E-state index is 3.64. The highest BCUT2D eigenvalue weighted by Gasteiger charge is 2.09. The van der Waals surface area contributed by atoms with Crippen LogP contribution in [-0.2, 0) is 6.54 Å². The van der Waals surface area contributed by atoms with Crippen molar-refractivity contribution in [1.82, 2.24) is 5.32 Å². The normalized spacial score (nSPS) is 12.4. The molecule has 106 valence electrons. The predicted octanol–water partition coefficient (Wildman–Crippen LogP) is 4.77. The van der Waals surface area contributed by atoms with E-state index in [0.717, 1.165) is 6.54 Å². The predicted molar refractivity (Wildman–Crippen MR) is 87.1 cm³/mol. The second kappa shape index (κ2) is 6.23. The smallest absolute Gasteiger partial charge is 0.0297 e. The lowest BCUT2D eigenvalue weighted by atomic mass is 9.99. The van der Waals surface area contributed by atoms with Crippen molar-refractivity contribution in [2.24, 2.45) is 0 Å². The average molecular weight is 267 g/mol. The summed E-state index contributed by atoms with van der Waals surface area (Å²) in [4.78, 5) is 0. The second-order valence-corrected chi connectivity index (χ2v) is 5.89. The van der Waals surface area contributed by atoms with Crippen LogP contribution in [0.1, 0.15) is 46.3 Å². The molecule has 1 N–H and O–H groups in total. The van der Waals surface area contributed by atoms with E-state index in [-0.39, 0.29) is 0 Å². The molecule has 0 aliphatic carbocycles. The Morgan fingerprint density at radius 1 is 0.850 bits per heavy atom. The molecule has 0 saturated heterocycles. The molecule has 0 amide bonds. The summed E-state index contributed by atoms with van der Waals surface area (Å²) < 4.78 is 0. The van der Waals surface area contributed by atoms with Gasteiger partial charge < -0.3 is 5.32 Å². The molecule has 1 unspecified atom stereocenters. The topological polar surface area (TPSA) is 12.0 Å². The van der Waals surface area contributed by atoms with Crippen LogP contribution in [0.2, 0.25) is 0 Å². The zero-order valence-corrected chi connectivity index (χ0v) is 13.2. The first-order valence-corrected chi connectivity index (χ1v) is 7.34. The Morgan fingerprint density at radius 3 is 2.20 bits per heavy atom. The zero-order valence-electron chi connectivity index (χ0n) is 13.2. The number of benzene rings is 2. The van der Waals surface area contributed by atoms with Crippen molar-refractivity contribution in [2.75, 3.05) is 0 Å². The van der Waals surface area contributed by atoms with Crippen LogP contribution in [0.3, 0.4) is 0 Å². The molecule has 0 radical (unpaired) electrons. The first kappa shape index (κ1) is 14.8. The summed E-state index contributed by atoms with van der Waals surface area (Å²) in [5.41, 5.74) is 8.16. The Hall–Kier alpha value is -1.60. The van der Waals surface area contributed by atoms with Gasteiger partial charge >= 0.3 is 0 Å². The Morgan fingerprint density at radius 2 is 1.50 bits per heavy atom. The lowest BCUT2D eigenvalue weighted by molar-refractivity contribution is 0.570. The lowest BCUT2D eigenvalue weighted by Crippen LogP contribution is -2.19. The highest BCUT2D eigenvalue weighted by atomic mass is 14.9. The molecule has 0 aromatic heterocycles. The van der Waals surface area contributed by atoms with Crippen molar-refractivity contribution in [3.63, 3.8) is 0 Å². The minimum Gasteiger partial charge on any atom is -0.306 e. The van der Waals surface area contributed by atoms with Gasteiger partial charge in [-0.25, -0.2) is 0 Å². The third-order valence-electron chi connectivity index (χ3n) is 4.00. The fraction of sp³-hybridized carbons (Fsp3) is 0.368. The van der Waals surface area contributed by atoms with E-state index in [9.17, 15) is 0 Å². The molecule has 0 heterocycles. The summed E-state index contributed by atoms with van der Waals surface area (Å²) in [5.74, 6) is 0. The van der Waals surface area contributed by atoms with E-state index in [1.807, 2.05) is 0 Å². The first-order valence-electron chi connectivity index (χ1n) is 7.34. The number of rotatable bonds is 4. The van der Waals surface area contributed by atoms with Crippen LogP contribution in [0.5, 0.6) is 0 Å². The quantitative estimate of drug-likeness (QED) is 0.841. The first-order chi connectivity index (χ1) is 9.47. The van der Waals surface area contributed by atoms with Gasteiger partial charge in [-0.3, -0.25) is 0 Å². The molecular weight excluding hydrogens is 242 g/mol. The van der Waals surface area contributed by atoms with Crippen molar-refractivity contribution < 1.29 is 0 Å². The van der Waals surface area contributed by atoms with E-state index in [0.29, 0.717) is 6.04 Å². The van der Waals surface area contributed by atoms with Gasteiger partial charge in [-0.15, -0.1) is 0 Å². The number of hydrogen-bond donors (Lipinski definition) is 1. The molecule has 0 bridgehead atoms. The fourth-order valence-electron chi connectivity index (χ4n) is 2.64. The number of aryl methyl sites for hydroxylation is 4. The molecule has 0 fully saturated rings. The molecule has 0 aliphatic rings. The molecule has 1 nitrogen and oxygen atoms in total. The van der Waals surface area contributed by atoms with Crippen LogP contribution < -0.4 is 5.32 Å². The Kier molecular flexibility index (Phi) is 4.61. The van der Waals surface area contributed by atoms with E-state index in [4.69, 9.17) is 0 Å². The zero-order chi connectivity index (χ0) is 14.7. The second-order valence-electron chi connectivity index (χ2n) is 5.89. The van der Waals surface area contributed by atoms with E-state index < -0.39 is 0 Å². The summed E-state index contributed by atoms with van der Waals surface area (Å²) in [5, 5.41) is 3.64. The van der Waals surface area contributed by atoms with Gasteiger partial charge in [0.1, 0.15) is 0 Å². The van der Waals surface area contributed by atoms with E-state index in [1.54, 1.807) is 0 Å². The van der Waals surface area contributed by atoms with E-state index >= 15 is 0 Å². The highest BCUT2D eigenvalue weighted by Crippen LogP contribution is 2.20. The van der Waals surface area contributed by atoms with Gasteiger partial charge in [-0.1, -0.05) is 47.5 Å². The molecule has 20 heavy (non-hydrogen) atoms. The molecule has 0 spiro atoms. The maximum atomic E-state index is 3.64. The van der Waals surface area contributed by atoms with Gasteiger partial charge in [-0.05, 0) is 56.9 Å². The monoisotopic (exact) mass is 267 g/mol. The van der Waals surface area contributed by atoms with Gasteiger partial charge in [0, 0.05) is 12.6 Å². The van der Waals surface area contributed by atoms with Gasteiger partial charge in [0.25, 0.3) is 0 Å². The molecule has 2 rings (SSSR count). The number of hydrogen-bond acceptors (Lipinski definition) is 1. The molecule has 1 heteroatoms. The van der Waals surface area contributed by atoms with Crippen molar-refractivity contribution in [3.8, 4) is 0 Å². The van der Waals surface area contributed by atoms with E-state index in [2.05, 4.69) is 76.3 Å². The van der Waals surface area contributed by atoms with Crippen LogP contribution in [0.4, 0.5) is 0 Å². The highest BCUT2D eigenvalue weighted by molar-refractivity contribution is 5.33. The van der Waals surface area contributed by atoms with Crippen LogP contribution >= 0.6 is 0 Å². The third kappa shape index (κ3) is 3.49. The SMILES string of the molecule is Cc1ccc(CNC(C)c2cc(C)ccc2C)c(C)c1. The van der Waals surface area contributed by atoms with Crippen LogP contribution in [0.25, 0.3) is 0 Å². The number of nitrogens with one attached hydrogen (secondary N) is 1. The van der Waals surface area contributed by atoms with Gasteiger partial charge in [0.2, 0.25) is 0 Å². The molecule has 0 saturated carbocycles. The molecular formula is C19H25N. The minimum absolute atomic E-state index is 0.371. The largest absolute Gasteiger partial charge is 0.306 e. The Balaban J connectivity index is 2.08. The van der Waals surface area contributed by atoms with Gasteiger partial charge in [-0.2, -0.15) is 0 Å². The van der Waals surface area contributed by atoms with Crippen molar-refractivity contribution >= 4 is 0 Å². The van der Waals surface area contributed by atoms with Crippen LogP contribution in [-0.4, -0.2) is 0 Å². The van der Waals surface area contributed by atoms with E-state index in [1.165, 1.54) is 33.4 Å². The van der Waals surface area contributed by atoms with Crippen molar-refractivity contribution in [3.05, 3.63) is 69.8 Å².